The normalized spacial score (nSPS) is 11.8. The van der Waals surface area contributed by atoms with Crippen LogP contribution in [-0.4, -0.2) is 37.7 Å². The molecule has 1 aromatic carbocycles. The Hall–Kier alpha value is -2.03. The second kappa shape index (κ2) is 6.84. The molecule has 24 heavy (non-hydrogen) atoms. The van der Waals surface area contributed by atoms with Crippen LogP contribution in [0.1, 0.15) is 6.42 Å². The van der Waals surface area contributed by atoms with E-state index in [1.54, 1.807) is 18.2 Å². The third kappa shape index (κ3) is 3.40. The van der Waals surface area contributed by atoms with Crippen molar-refractivity contribution >= 4 is 37.2 Å². The van der Waals surface area contributed by atoms with Crippen molar-refractivity contribution < 1.29 is 8.42 Å². The van der Waals surface area contributed by atoms with Crippen molar-refractivity contribution in [1.29, 1.82) is 0 Å². The Morgan fingerprint density at radius 3 is 2.88 bits per heavy atom. The zero-order valence-electron chi connectivity index (χ0n) is 13.2. The fourth-order valence-corrected chi connectivity index (χ4v) is 4.01. The molecule has 6 nitrogen and oxygen atoms in total. The average Bonchev–Trinajstić information content (AvgIpc) is 2.99. The van der Waals surface area contributed by atoms with Crippen molar-refractivity contribution in [3.8, 4) is 11.1 Å². The van der Waals surface area contributed by atoms with Gasteiger partial charge in [0.15, 0.2) is 9.84 Å². The first-order valence-electron chi connectivity index (χ1n) is 7.47. The summed E-state index contributed by atoms with van der Waals surface area (Å²) >= 11 is 1.51. The van der Waals surface area contributed by atoms with Gasteiger partial charge in [-0.3, -0.25) is 0 Å². The van der Waals surface area contributed by atoms with Gasteiger partial charge in [-0.25, -0.2) is 18.4 Å². The zero-order valence-corrected chi connectivity index (χ0v) is 14.8. The van der Waals surface area contributed by atoms with Gasteiger partial charge in [0, 0.05) is 23.7 Å². The Morgan fingerprint density at radius 2 is 2.12 bits per heavy atom. The lowest BCUT2D eigenvalue weighted by Gasteiger charge is -2.08. The van der Waals surface area contributed by atoms with E-state index in [0.29, 0.717) is 11.4 Å². The van der Waals surface area contributed by atoms with Crippen LogP contribution in [0.3, 0.4) is 0 Å². The van der Waals surface area contributed by atoms with E-state index in [0.717, 1.165) is 40.1 Å². The summed E-state index contributed by atoms with van der Waals surface area (Å²) in [6, 6.07) is 6.94. The van der Waals surface area contributed by atoms with Crippen molar-refractivity contribution in [3.05, 3.63) is 36.0 Å². The summed E-state index contributed by atoms with van der Waals surface area (Å²) in [5.41, 5.74) is 7.30. The smallest absolute Gasteiger partial charge is 0.175 e. The summed E-state index contributed by atoms with van der Waals surface area (Å²) in [7, 11) is -3.25. The number of hydrogen-bond donors (Lipinski definition) is 2. The van der Waals surface area contributed by atoms with Crippen molar-refractivity contribution in [1.82, 2.24) is 9.97 Å². The molecule has 0 fully saturated rings. The van der Waals surface area contributed by atoms with Gasteiger partial charge < -0.3 is 11.1 Å². The molecule has 0 atom stereocenters. The highest BCUT2D eigenvalue weighted by atomic mass is 32.2. The van der Waals surface area contributed by atoms with Gasteiger partial charge >= 0.3 is 0 Å². The molecule has 126 valence electrons. The predicted molar refractivity (Wildman–Crippen MR) is 98.1 cm³/mol. The van der Waals surface area contributed by atoms with E-state index < -0.39 is 9.84 Å². The first-order chi connectivity index (χ1) is 11.5. The van der Waals surface area contributed by atoms with Crippen molar-refractivity contribution in [2.45, 2.75) is 11.3 Å². The van der Waals surface area contributed by atoms with Gasteiger partial charge in [0.1, 0.15) is 17.0 Å². The minimum absolute atomic E-state index is 0.300. The Labute approximate surface area is 144 Å². The van der Waals surface area contributed by atoms with Crippen LogP contribution in [0, 0.1) is 0 Å². The Balaban J connectivity index is 2.10. The molecule has 0 amide bonds. The second-order valence-corrected chi connectivity index (χ2v) is 8.29. The van der Waals surface area contributed by atoms with Gasteiger partial charge in [-0.1, -0.05) is 12.1 Å². The maximum Gasteiger partial charge on any atom is 0.175 e. The lowest BCUT2D eigenvalue weighted by molar-refractivity contribution is 0.602. The molecule has 0 radical (unpaired) electrons. The summed E-state index contributed by atoms with van der Waals surface area (Å²) in [6.07, 6.45) is 3.58. The quantitative estimate of drug-likeness (QED) is 0.654. The maximum atomic E-state index is 11.8. The second-order valence-electron chi connectivity index (χ2n) is 5.42. The lowest BCUT2D eigenvalue weighted by Crippen LogP contribution is -2.09. The Morgan fingerprint density at radius 1 is 1.29 bits per heavy atom. The first-order valence-corrected chi connectivity index (χ1v) is 10.2. The number of rotatable bonds is 6. The molecule has 0 aliphatic rings. The number of nitrogens with one attached hydrogen (secondary N) is 1. The van der Waals surface area contributed by atoms with E-state index in [2.05, 4.69) is 15.3 Å². The van der Waals surface area contributed by atoms with E-state index in [4.69, 9.17) is 5.73 Å². The molecule has 0 spiro atoms. The van der Waals surface area contributed by atoms with Gasteiger partial charge in [0.25, 0.3) is 0 Å². The number of anilines is 1. The monoisotopic (exact) mass is 362 g/mol. The summed E-state index contributed by atoms with van der Waals surface area (Å²) in [5.74, 6) is 0.745. The van der Waals surface area contributed by atoms with Crippen molar-refractivity contribution in [2.75, 3.05) is 24.7 Å². The van der Waals surface area contributed by atoms with Crippen LogP contribution in [0.2, 0.25) is 0 Å². The number of nitrogens with two attached hydrogens (primary N) is 1. The van der Waals surface area contributed by atoms with E-state index >= 15 is 0 Å². The fourth-order valence-electron chi connectivity index (χ4n) is 2.42. The molecule has 3 N–H and O–H groups in total. The fraction of sp³-hybridized carbons (Fsp3) is 0.250. The topological polar surface area (TPSA) is 98.0 Å². The molecule has 0 saturated carbocycles. The summed E-state index contributed by atoms with van der Waals surface area (Å²) in [5, 5.41) is 6.18. The van der Waals surface area contributed by atoms with Gasteiger partial charge in [-0.2, -0.15) is 0 Å². The lowest BCUT2D eigenvalue weighted by atomic mass is 10.1. The third-order valence-electron chi connectivity index (χ3n) is 3.62. The summed E-state index contributed by atoms with van der Waals surface area (Å²) in [4.78, 5) is 9.81. The van der Waals surface area contributed by atoms with Gasteiger partial charge in [-0.05, 0) is 30.7 Å². The van der Waals surface area contributed by atoms with E-state index in [1.807, 2.05) is 11.4 Å². The number of nitrogens with zero attached hydrogens (tertiary/aromatic N) is 2. The highest BCUT2D eigenvalue weighted by Crippen LogP contribution is 2.37. The van der Waals surface area contributed by atoms with E-state index in [9.17, 15) is 8.42 Å². The SMILES string of the molecule is CS(=O)(=O)c1cccc(-c2csc3ncnc(NCCCN)c23)c1. The molecular weight excluding hydrogens is 344 g/mol. The summed E-state index contributed by atoms with van der Waals surface area (Å²) in [6.45, 7) is 1.33. The molecule has 2 heterocycles. The Bertz CT molecular complexity index is 967. The molecule has 8 heteroatoms. The number of fused-ring (bicyclic) bond motifs is 1. The minimum Gasteiger partial charge on any atom is -0.369 e. The average molecular weight is 362 g/mol. The molecule has 0 aliphatic carbocycles. The number of sulfone groups is 1. The molecule has 0 saturated heterocycles. The van der Waals surface area contributed by atoms with E-state index in [1.165, 1.54) is 23.9 Å². The van der Waals surface area contributed by atoms with Crippen LogP contribution in [0.5, 0.6) is 0 Å². The number of thiophene rings is 1. The molecule has 3 rings (SSSR count). The van der Waals surface area contributed by atoms with E-state index in [-0.39, 0.29) is 0 Å². The van der Waals surface area contributed by atoms with Crippen LogP contribution in [-0.2, 0) is 9.84 Å². The van der Waals surface area contributed by atoms with Crippen molar-refractivity contribution in [3.63, 3.8) is 0 Å². The molecular formula is C16H18N4O2S2. The van der Waals surface area contributed by atoms with Gasteiger partial charge in [0.05, 0.1) is 10.3 Å². The molecule has 3 aromatic rings. The highest BCUT2D eigenvalue weighted by molar-refractivity contribution is 7.90. The molecule has 2 aromatic heterocycles. The van der Waals surface area contributed by atoms with Crippen LogP contribution >= 0.6 is 11.3 Å². The molecule has 0 bridgehead atoms. The number of benzene rings is 1. The van der Waals surface area contributed by atoms with Crippen molar-refractivity contribution in [2.24, 2.45) is 5.73 Å². The highest BCUT2D eigenvalue weighted by Gasteiger charge is 2.15. The first kappa shape index (κ1) is 16.8. The predicted octanol–water partition coefficient (Wildman–Crippen LogP) is 2.52. The number of aromatic nitrogens is 2. The standard InChI is InChI=1S/C16H18N4O2S2/c1-24(21,22)12-5-2-4-11(8-12)13-9-23-16-14(13)15(19-10-20-16)18-7-3-6-17/h2,4-5,8-10H,3,6-7,17H2,1H3,(H,18,19,20). The number of hydrogen-bond acceptors (Lipinski definition) is 7. The minimum atomic E-state index is -3.25. The van der Waals surface area contributed by atoms with Crippen LogP contribution in [0.15, 0.2) is 40.9 Å². The zero-order chi connectivity index (χ0) is 17.2. The molecule has 0 aliphatic heterocycles. The van der Waals surface area contributed by atoms with Crippen LogP contribution in [0.4, 0.5) is 5.82 Å². The summed E-state index contributed by atoms with van der Waals surface area (Å²) < 4.78 is 23.6. The van der Waals surface area contributed by atoms with Crippen LogP contribution < -0.4 is 11.1 Å². The largest absolute Gasteiger partial charge is 0.369 e. The van der Waals surface area contributed by atoms with Gasteiger partial charge in [0.2, 0.25) is 0 Å². The molecule has 0 unspecified atom stereocenters. The maximum absolute atomic E-state index is 11.8. The third-order valence-corrected chi connectivity index (χ3v) is 5.61. The van der Waals surface area contributed by atoms with Gasteiger partial charge in [-0.15, -0.1) is 11.3 Å². The van der Waals surface area contributed by atoms with Crippen LogP contribution in [0.25, 0.3) is 21.3 Å². The Kier molecular flexibility index (Phi) is 4.79.